The molecule has 3 N–H and O–H groups in total. The van der Waals surface area contributed by atoms with Crippen molar-refractivity contribution < 1.29 is 19.7 Å². The molecular weight excluding hydrogens is 342 g/mol. The predicted octanol–water partition coefficient (Wildman–Crippen LogP) is 4.31. The van der Waals surface area contributed by atoms with Crippen LogP contribution in [0.2, 0.25) is 0 Å². The lowest BCUT2D eigenvalue weighted by Gasteiger charge is -2.16. The van der Waals surface area contributed by atoms with Crippen molar-refractivity contribution in [3.05, 3.63) is 29.8 Å². The summed E-state index contributed by atoms with van der Waals surface area (Å²) in [6.07, 6.45) is 12.3. The Morgan fingerprint density at radius 2 is 1.59 bits per heavy atom. The molecule has 1 aromatic carbocycles. The van der Waals surface area contributed by atoms with E-state index in [0.29, 0.717) is 18.7 Å². The third-order valence-corrected chi connectivity index (χ3v) is 4.74. The number of carbonyl (C=O) groups excluding carboxylic acids is 1. The average Bonchev–Trinajstić information content (AvgIpc) is 2.68. The molecule has 0 aliphatic carbocycles. The van der Waals surface area contributed by atoms with Crippen molar-refractivity contribution in [3.63, 3.8) is 0 Å². The lowest BCUT2D eigenvalue weighted by atomic mass is 10.1. The molecule has 0 aliphatic rings. The van der Waals surface area contributed by atoms with E-state index in [2.05, 4.69) is 12.2 Å². The molecule has 0 spiro atoms. The highest BCUT2D eigenvalue weighted by Crippen LogP contribution is 2.15. The molecule has 0 aromatic heterocycles. The maximum absolute atomic E-state index is 12.0. The first kappa shape index (κ1) is 23.4. The van der Waals surface area contributed by atoms with Gasteiger partial charge < -0.3 is 14.9 Å². The fourth-order valence-corrected chi connectivity index (χ4v) is 2.98. The van der Waals surface area contributed by atoms with Gasteiger partial charge in [-0.3, -0.25) is 10.1 Å². The van der Waals surface area contributed by atoms with E-state index in [0.717, 1.165) is 12.8 Å². The van der Waals surface area contributed by atoms with Gasteiger partial charge in [-0.05, 0) is 12.5 Å². The van der Waals surface area contributed by atoms with Gasteiger partial charge in [0, 0.05) is 12.1 Å². The normalized spacial score (nSPS) is 12.1. The van der Waals surface area contributed by atoms with E-state index >= 15 is 0 Å². The second-order valence-corrected chi connectivity index (χ2v) is 7.09. The van der Waals surface area contributed by atoms with Crippen LogP contribution in [0.15, 0.2) is 24.3 Å². The van der Waals surface area contributed by atoms with E-state index in [1.165, 1.54) is 51.4 Å². The maximum atomic E-state index is 12.0. The first-order valence-corrected chi connectivity index (χ1v) is 10.5. The number of phenolic OH excluding ortho intramolecular Hbond substituents is 1. The molecule has 0 saturated carbocycles. The number of aromatic hydroxyl groups is 1. The quantitative estimate of drug-likeness (QED) is 0.295. The Bertz CT molecular complexity index is 507. The molecule has 5 nitrogen and oxygen atoms in total. The molecule has 5 heteroatoms. The number of esters is 1. The number of unbranched alkanes of at least 4 members (excludes halogenated alkanes) is 9. The Morgan fingerprint density at radius 3 is 2.19 bits per heavy atom. The molecule has 0 fully saturated rings. The largest absolute Gasteiger partial charge is 0.508 e. The lowest BCUT2D eigenvalue weighted by molar-refractivity contribution is -0.147. The van der Waals surface area contributed by atoms with E-state index in [1.807, 2.05) is 6.07 Å². The molecular formula is C22H37NO4. The second-order valence-electron chi connectivity index (χ2n) is 7.09. The molecule has 0 bridgehead atoms. The number of phenols is 1. The maximum Gasteiger partial charge on any atom is 0.325 e. The van der Waals surface area contributed by atoms with Crippen LogP contribution in [0.3, 0.4) is 0 Å². The first-order valence-electron chi connectivity index (χ1n) is 10.5. The Balaban J connectivity index is 2.06. The van der Waals surface area contributed by atoms with Gasteiger partial charge in [-0.2, -0.15) is 0 Å². The summed E-state index contributed by atoms with van der Waals surface area (Å²) in [6.45, 7) is 2.60. The lowest BCUT2D eigenvalue weighted by Crippen LogP contribution is -2.40. The summed E-state index contributed by atoms with van der Waals surface area (Å²) in [6, 6.07) is 6.14. The smallest absolute Gasteiger partial charge is 0.325 e. The van der Waals surface area contributed by atoms with E-state index in [9.17, 15) is 15.0 Å². The number of hydrogen-bond acceptors (Lipinski definition) is 5. The molecule has 0 heterocycles. The zero-order valence-electron chi connectivity index (χ0n) is 16.8. The second kappa shape index (κ2) is 15.5. The monoisotopic (exact) mass is 379 g/mol. The fraction of sp³-hybridized carbons (Fsp3) is 0.682. The Hall–Kier alpha value is -1.59. The van der Waals surface area contributed by atoms with Gasteiger partial charge in [0.2, 0.25) is 0 Å². The molecule has 0 radical (unpaired) electrons. The van der Waals surface area contributed by atoms with Gasteiger partial charge in [0.25, 0.3) is 0 Å². The van der Waals surface area contributed by atoms with Crippen molar-refractivity contribution in [2.45, 2.75) is 83.7 Å². The third-order valence-electron chi connectivity index (χ3n) is 4.74. The number of rotatable bonds is 16. The number of nitrogens with one attached hydrogen (secondary N) is 1. The Kier molecular flexibility index (Phi) is 13.4. The van der Waals surface area contributed by atoms with Crippen molar-refractivity contribution >= 4 is 5.97 Å². The molecule has 0 amide bonds. The summed E-state index contributed by atoms with van der Waals surface area (Å²) >= 11 is 0. The van der Waals surface area contributed by atoms with Crippen LogP contribution in [0.25, 0.3) is 0 Å². The summed E-state index contributed by atoms with van der Waals surface area (Å²) < 4.78 is 5.26. The Labute approximate surface area is 164 Å². The number of carbonyl (C=O) groups is 1. The van der Waals surface area contributed by atoms with E-state index in [4.69, 9.17) is 4.74 Å². The minimum atomic E-state index is -0.771. The SMILES string of the molecule is CCCCCCCCCCCCOC(=O)[C@H](CO)NCc1ccccc1O. The highest BCUT2D eigenvalue weighted by molar-refractivity contribution is 5.75. The fourth-order valence-electron chi connectivity index (χ4n) is 2.98. The van der Waals surface area contributed by atoms with Crippen molar-refractivity contribution in [1.82, 2.24) is 5.32 Å². The summed E-state index contributed by atoms with van der Waals surface area (Å²) in [5, 5.41) is 22.1. The van der Waals surface area contributed by atoms with Crippen molar-refractivity contribution in [2.75, 3.05) is 13.2 Å². The minimum Gasteiger partial charge on any atom is -0.508 e. The average molecular weight is 380 g/mol. The third kappa shape index (κ3) is 11.0. The van der Waals surface area contributed by atoms with Crippen molar-refractivity contribution in [2.24, 2.45) is 0 Å². The number of benzene rings is 1. The first-order chi connectivity index (χ1) is 13.2. The molecule has 1 rings (SSSR count). The van der Waals surface area contributed by atoms with Crippen LogP contribution in [0.4, 0.5) is 0 Å². The summed E-state index contributed by atoms with van der Waals surface area (Å²) in [7, 11) is 0. The van der Waals surface area contributed by atoms with E-state index < -0.39 is 12.0 Å². The van der Waals surface area contributed by atoms with Crippen molar-refractivity contribution in [3.8, 4) is 5.75 Å². The van der Waals surface area contributed by atoms with E-state index in [-0.39, 0.29) is 12.4 Å². The summed E-state index contributed by atoms with van der Waals surface area (Å²) in [5.74, 6) is -0.274. The molecule has 1 aromatic rings. The standard InChI is InChI=1S/C22H37NO4/c1-2-3-4-5-6-7-8-9-10-13-16-27-22(26)20(18-24)23-17-19-14-11-12-15-21(19)25/h11-12,14-15,20,23-25H,2-10,13,16-18H2,1H3/t20-/m0/s1. The number of para-hydroxylation sites is 1. The van der Waals surface area contributed by atoms with Crippen LogP contribution in [0.5, 0.6) is 5.75 Å². The van der Waals surface area contributed by atoms with Crippen LogP contribution in [-0.4, -0.2) is 35.4 Å². The molecule has 0 unspecified atom stereocenters. The van der Waals surface area contributed by atoms with Crippen LogP contribution in [-0.2, 0) is 16.1 Å². The molecule has 0 saturated heterocycles. The number of aliphatic hydroxyl groups is 1. The van der Waals surface area contributed by atoms with Gasteiger partial charge >= 0.3 is 5.97 Å². The van der Waals surface area contributed by atoms with Gasteiger partial charge in [0.1, 0.15) is 11.8 Å². The summed E-state index contributed by atoms with van der Waals surface area (Å²) in [4.78, 5) is 12.0. The van der Waals surface area contributed by atoms with Crippen molar-refractivity contribution in [1.29, 1.82) is 0 Å². The van der Waals surface area contributed by atoms with Gasteiger partial charge in [-0.15, -0.1) is 0 Å². The van der Waals surface area contributed by atoms with Crippen LogP contribution in [0.1, 0.15) is 76.7 Å². The number of aliphatic hydroxyl groups excluding tert-OH is 1. The number of hydrogen-bond donors (Lipinski definition) is 3. The zero-order chi connectivity index (χ0) is 19.7. The molecule has 154 valence electrons. The Morgan fingerprint density at radius 1 is 1.00 bits per heavy atom. The predicted molar refractivity (Wildman–Crippen MR) is 109 cm³/mol. The van der Waals surface area contributed by atoms with Crippen LogP contribution in [0, 0.1) is 0 Å². The van der Waals surface area contributed by atoms with Crippen LogP contribution >= 0.6 is 0 Å². The molecule has 1 atom stereocenters. The highest BCUT2D eigenvalue weighted by Gasteiger charge is 2.18. The van der Waals surface area contributed by atoms with Gasteiger partial charge in [-0.1, -0.05) is 82.9 Å². The minimum absolute atomic E-state index is 0.167. The molecule has 0 aliphatic heterocycles. The van der Waals surface area contributed by atoms with E-state index in [1.54, 1.807) is 18.2 Å². The van der Waals surface area contributed by atoms with Crippen LogP contribution < -0.4 is 5.32 Å². The zero-order valence-corrected chi connectivity index (χ0v) is 16.8. The highest BCUT2D eigenvalue weighted by atomic mass is 16.5. The summed E-state index contributed by atoms with van der Waals surface area (Å²) in [5.41, 5.74) is 0.679. The van der Waals surface area contributed by atoms with Gasteiger partial charge in [-0.25, -0.2) is 0 Å². The number of ether oxygens (including phenoxy) is 1. The molecule has 27 heavy (non-hydrogen) atoms. The van der Waals surface area contributed by atoms with Gasteiger partial charge in [0.15, 0.2) is 0 Å². The van der Waals surface area contributed by atoms with Gasteiger partial charge in [0.05, 0.1) is 13.2 Å². The topological polar surface area (TPSA) is 78.8 Å².